The molecule has 0 aromatic rings. The zero-order chi connectivity index (χ0) is 9.84. The number of hydrogen-bond acceptors (Lipinski definition) is 2. The van der Waals surface area contributed by atoms with Crippen LogP contribution in [0.4, 0.5) is 0 Å². The summed E-state index contributed by atoms with van der Waals surface area (Å²) in [6, 6.07) is 0.325. The highest BCUT2D eigenvalue weighted by atomic mass is 16.4. The number of aliphatic carboxylic acids is 1. The van der Waals surface area contributed by atoms with E-state index in [0.29, 0.717) is 18.0 Å². The Balaban J connectivity index is 2.35. The van der Waals surface area contributed by atoms with Gasteiger partial charge in [-0.2, -0.15) is 0 Å². The average molecular weight is 183 g/mol. The number of nitrogens with zero attached hydrogens (tertiary/aromatic N) is 1. The number of hydrogen-bond donors (Lipinski definition) is 1. The Bertz CT molecular complexity index is 207. The Morgan fingerprint density at radius 2 is 2.08 bits per heavy atom. The van der Waals surface area contributed by atoms with Gasteiger partial charge in [0.1, 0.15) is 0 Å². The Labute approximate surface area is 79.0 Å². The summed E-state index contributed by atoms with van der Waals surface area (Å²) in [6.45, 7) is 7.82. The maximum atomic E-state index is 10.5. The lowest BCUT2D eigenvalue weighted by Crippen LogP contribution is -2.31. The highest BCUT2D eigenvalue weighted by Gasteiger charge is 2.19. The van der Waals surface area contributed by atoms with Crippen molar-refractivity contribution >= 4 is 5.97 Å². The van der Waals surface area contributed by atoms with Gasteiger partial charge in [-0.1, -0.05) is 6.58 Å². The molecule has 1 fully saturated rings. The van der Waals surface area contributed by atoms with Crippen LogP contribution in [0.1, 0.15) is 26.2 Å². The monoisotopic (exact) mass is 183 g/mol. The molecule has 1 rings (SSSR count). The maximum Gasteiger partial charge on any atom is 0.331 e. The maximum absolute atomic E-state index is 10.5. The normalized spacial score (nSPS) is 20.1. The first-order valence-electron chi connectivity index (χ1n) is 4.76. The van der Waals surface area contributed by atoms with Gasteiger partial charge >= 0.3 is 5.97 Å². The van der Waals surface area contributed by atoms with E-state index in [1.165, 1.54) is 12.8 Å². The molecule has 3 nitrogen and oxygen atoms in total. The number of carboxylic acids is 1. The number of likely N-dealkylation sites (tertiary alicyclic amines) is 1. The molecule has 74 valence electrons. The van der Waals surface area contributed by atoms with Gasteiger partial charge in [0.15, 0.2) is 0 Å². The predicted molar refractivity (Wildman–Crippen MR) is 51.7 cm³/mol. The van der Waals surface area contributed by atoms with Crippen molar-refractivity contribution in [3.63, 3.8) is 0 Å². The zero-order valence-corrected chi connectivity index (χ0v) is 8.12. The van der Waals surface area contributed by atoms with Crippen LogP contribution in [0.3, 0.4) is 0 Å². The molecular formula is C10H17NO2. The third kappa shape index (κ3) is 2.84. The van der Waals surface area contributed by atoms with Crippen LogP contribution in [0.5, 0.6) is 0 Å². The molecule has 0 bridgehead atoms. The van der Waals surface area contributed by atoms with Crippen LogP contribution < -0.4 is 0 Å². The molecule has 0 radical (unpaired) electrons. The van der Waals surface area contributed by atoms with E-state index >= 15 is 0 Å². The molecule has 0 spiro atoms. The van der Waals surface area contributed by atoms with E-state index in [0.717, 1.165) is 13.1 Å². The van der Waals surface area contributed by atoms with Crippen LogP contribution in [0.2, 0.25) is 0 Å². The topological polar surface area (TPSA) is 40.5 Å². The van der Waals surface area contributed by atoms with Crippen molar-refractivity contribution in [1.82, 2.24) is 4.90 Å². The number of rotatable bonds is 4. The lowest BCUT2D eigenvalue weighted by molar-refractivity contribution is -0.132. The quantitative estimate of drug-likeness (QED) is 0.671. The van der Waals surface area contributed by atoms with Gasteiger partial charge in [0, 0.05) is 11.6 Å². The van der Waals surface area contributed by atoms with Crippen molar-refractivity contribution in [2.75, 3.05) is 13.1 Å². The molecule has 0 aliphatic carbocycles. The van der Waals surface area contributed by atoms with Crippen molar-refractivity contribution in [2.45, 2.75) is 32.2 Å². The smallest absolute Gasteiger partial charge is 0.331 e. The van der Waals surface area contributed by atoms with Crippen LogP contribution in [0.15, 0.2) is 12.2 Å². The van der Waals surface area contributed by atoms with E-state index in [1.54, 1.807) is 0 Å². The largest absolute Gasteiger partial charge is 0.478 e. The SMILES string of the molecule is C=C(CC(C)N1CCCC1)C(=O)O. The highest BCUT2D eigenvalue weighted by molar-refractivity contribution is 5.85. The van der Waals surface area contributed by atoms with Gasteiger partial charge in [0.2, 0.25) is 0 Å². The van der Waals surface area contributed by atoms with E-state index in [2.05, 4.69) is 18.4 Å². The molecule has 1 N–H and O–H groups in total. The summed E-state index contributed by atoms with van der Waals surface area (Å²) in [5.74, 6) is -0.869. The second-order valence-electron chi connectivity index (χ2n) is 3.70. The fourth-order valence-electron chi connectivity index (χ4n) is 1.76. The predicted octanol–water partition coefficient (Wildman–Crippen LogP) is 1.50. The first-order chi connectivity index (χ1) is 6.11. The van der Waals surface area contributed by atoms with Crippen molar-refractivity contribution in [3.8, 4) is 0 Å². The van der Waals surface area contributed by atoms with E-state index in [4.69, 9.17) is 5.11 Å². The summed E-state index contributed by atoms with van der Waals surface area (Å²) in [4.78, 5) is 12.9. The molecule has 0 aromatic heterocycles. The van der Waals surface area contributed by atoms with Gasteiger partial charge in [0.25, 0.3) is 0 Å². The lowest BCUT2D eigenvalue weighted by atomic mass is 10.1. The minimum atomic E-state index is -0.869. The summed E-state index contributed by atoms with van der Waals surface area (Å²) < 4.78 is 0. The molecule has 1 aliphatic rings. The third-order valence-corrected chi connectivity index (χ3v) is 2.61. The first-order valence-corrected chi connectivity index (χ1v) is 4.76. The van der Waals surface area contributed by atoms with Crippen LogP contribution in [0, 0.1) is 0 Å². The first kappa shape index (κ1) is 10.3. The minimum absolute atomic E-state index is 0.319. The van der Waals surface area contributed by atoms with Gasteiger partial charge in [0.05, 0.1) is 0 Å². The second-order valence-corrected chi connectivity index (χ2v) is 3.70. The molecule has 0 aromatic carbocycles. The summed E-state index contributed by atoms with van der Waals surface area (Å²) in [7, 11) is 0. The summed E-state index contributed by atoms with van der Waals surface area (Å²) in [5, 5.41) is 8.66. The van der Waals surface area contributed by atoms with E-state index < -0.39 is 5.97 Å². The molecule has 1 saturated heterocycles. The van der Waals surface area contributed by atoms with Gasteiger partial charge in [-0.25, -0.2) is 4.79 Å². The van der Waals surface area contributed by atoms with Crippen molar-refractivity contribution < 1.29 is 9.90 Å². The van der Waals surface area contributed by atoms with E-state index in [9.17, 15) is 4.79 Å². The average Bonchev–Trinajstić information content (AvgIpc) is 2.55. The van der Waals surface area contributed by atoms with Gasteiger partial charge in [-0.15, -0.1) is 0 Å². The molecule has 1 aliphatic heterocycles. The molecular weight excluding hydrogens is 166 g/mol. The zero-order valence-electron chi connectivity index (χ0n) is 8.12. The Morgan fingerprint density at radius 1 is 1.54 bits per heavy atom. The fraction of sp³-hybridized carbons (Fsp3) is 0.700. The third-order valence-electron chi connectivity index (χ3n) is 2.61. The molecule has 1 unspecified atom stereocenters. The van der Waals surface area contributed by atoms with Gasteiger partial charge in [-0.05, 0) is 39.3 Å². The van der Waals surface area contributed by atoms with E-state index in [-0.39, 0.29) is 0 Å². The molecule has 3 heteroatoms. The second kappa shape index (κ2) is 4.42. The summed E-state index contributed by atoms with van der Waals surface area (Å²) in [6.07, 6.45) is 3.06. The Hall–Kier alpha value is -0.830. The lowest BCUT2D eigenvalue weighted by Gasteiger charge is -2.23. The number of carboxylic acid groups (broad SMARTS) is 1. The minimum Gasteiger partial charge on any atom is -0.478 e. The molecule has 1 heterocycles. The van der Waals surface area contributed by atoms with Crippen LogP contribution in [-0.4, -0.2) is 35.1 Å². The Morgan fingerprint density at radius 3 is 2.54 bits per heavy atom. The van der Waals surface area contributed by atoms with Crippen LogP contribution in [0.25, 0.3) is 0 Å². The molecule has 0 saturated carbocycles. The molecule has 0 amide bonds. The van der Waals surface area contributed by atoms with E-state index in [1.807, 2.05) is 0 Å². The Kier molecular flexibility index (Phi) is 3.48. The van der Waals surface area contributed by atoms with Gasteiger partial charge < -0.3 is 10.0 Å². The molecule has 1 atom stereocenters. The molecule has 13 heavy (non-hydrogen) atoms. The van der Waals surface area contributed by atoms with Crippen LogP contribution >= 0.6 is 0 Å². The van der Waals surface area contributed by atoms with Crippen molar-refractivity contribution in [2.24, 2.45) is 0 Å². The van der Waals surface area contributed by atoms with Crippen molar-refractivity contribution in [1.29, 1.82) is 0 Å². The summed E-state index contributed by atoms with van der Waals surface area (Å²) in [5.41, 5.74) is 0.319. The highest BCUT2D eigenvalue weighted by Crippen LogP contribution is 2.16. The van der Waals surface area contributed by atoms with Crippen molar-refractivity contribution in [3.05, 3.63) is 12.2 Å². The fourth-order valence-corrected chi connectivity index (χ4v) is 1.76. The van der Waals surface area contributed by atoms with Gasteiger partial charge in [-0.3, -0.25) is 0 Å². The number of carbonyl (C=O) groups is 1. The standard InChI is InChI=1S/C10H17NO2/c1-8(10(12)13)7-9(2)11-5-3-4-6-11/h9H,1,3-7H2,2H3,(H,12,13). The summed E-state index contributed by atoms with van der Waals surface area (Å²) >= 11 is 0. The van der Waals surface area contributed by atoms with Crippen LogP contribution in [-0.2, 0) is 4.79 Å².